The molecule has 0 unspecified atom stereocenters. The monoisotopic (exact) mass is 246 g/mol. The molecule has 2 aromatic carbocycles. The normalized spacial score (nSPS) is 8.13. The van der Waals surface area contributed by atoms with Crippen LogP contribution in [0.1, 0.15) is 0 Å². The second-order valence-electron chi connectivity index (χ2n) is 2.53. The van der Waals surface area contributed by atoms with Crippen LogP contribution >= 0.6 is 0 Å². The van der Waals surface area contributed by atoms with E-state index in [2.05, 4.69) is 4.65 Å². The van der Waals surface area contributed by atoms with Crippen molar-refractivity contribution in [1.82, 2.24) is 0 Å². The van der Waals surface area contributed by atoms with E-state index in [4.69, 9.17) is 10.0 Å². The van der Waals surface area contributed by atoms with Gasteiger partial charge in [0.1, 0.15) is 0 Å². The number of hydrogen-bond donors (Lipinski definition) is 2. The van der Waals surface area contributed by atoms with Gasteiger partial charge in [0.15, 0.2) is 0 Å². The summed E-state index contributed by atoms with van der Waals surface area (Å²) >= 11 is 0. The fourth-order valence-electron chi connectivity index (χ4n) is 0.877. The van der Waals surface area contributed by atoms with Gasteiger partial charge >= 0.3 is 24.4 Å². The molecule has 0 saturated carbocycles. The van der Waals surface area contributed by atoms with Gasteiger partial charge in [-0.25, -0.2) is 12.1 Å². The minimum absolute atomic E-state index is 0. The van der Waals surface area contributed by atoms with E-state index in [1.54, 1.807) is 24.3 Å². The maximum Gasteiger partial charge on any atom is 2.00 e. The number of rotatable bonds is 2. The third-order valence-electron chi connectivity index (χ3n) is 1.43. The molecule has 0 spiro atoms. The quantitative estimate of drug-likeness (QED) is 0.617. The van der Waals surface area contributed by atoms with E-state index >= 15 is 0 Å². The van der Waals surface area contributed by atoms with Crippen LogP contribution in [0.25, 0.3) is 0 Å². The van der Waals surface area contributed by atoms with Crippen LogP contribution in [0, 0.1) is 0 Å². The van der Waals surface area contributed by atoms with Crippen molar-refractivity contribution in [2.45, 2.75) is 0 Å². The first-order valence-corrected chi connectivity index (χ1v) is 4.20. The van der Waals surface area contributed by atoms with E-state index in [0.717, 1.165) is 0 Å². The molecule has 0 bridgehead atoms. The van der Waals surface area contributed by atoms with Gasteiger partial charge < -0.3 is 14.7 Å². The van der Waals surface area contributed by atoms with E-state index < -0.39 is 7.32 Å². The summed E-state index contributed by atoms with van der Waals surface area (Å²) in [6, 6.07) is 16.8. The molecule has 2 N–H and O–H groups in total. The minimum atomic E-state index is -1.72. The van der Waals surface area contributed by atoms with Crippen molar-refractivity contribution in [1.29, 1.82) is 0 Å². The van der Waals surface area contributed by atoms with E-state index in [1.807, 2.05) is 30.3 Å². The van der Waals surface area contributed by atoms with E-state index in [-0.39, 0.29) is 17.1 Å². The van der Waals surface area contributed by atoms with Crippen molar-refractivity contribution in [2.75, 3.05) is 0 Å². The fourth-order valence-corrected chi connectivity index (χ4v) is 0.877. The Balaban J connectivity index is 0.000000280. The van der Waals surface area contributed by atoms with Crippen LogP contribution in [0.2, 0.25) is 0 Å². The molecule has 80 valence electrons. The molecule has 0 radical (unpaired) electrons. The molecule has 2 rings (SSSR count). The smallest absolute Gasteiger partial charge is 0.585 e. The Morgan fingerprint density at radius 2 is 1.73 bits per heavy atom. The third kappa shape index (κ3) is 6.99. The first-order chi connectivity index (χ1) is 6.79. The molecular formula is C10H11BFeO3. The zero-order valence-corrected chi connectivity index (χ0v) is 9.03. The summed E-state index contributed by atoms with van der Waals surface area (Å²) in [6.07, 6.45) is 0. The third-order valence-corrected chi connectivity index (χ3v) is 1.43. The van der Waals surface area contributed by atoms with Crippen LogP contribution < -0.4 is 4.65 Å². The Hall–Kier alpha value is -0.996. The fraction of sp³-hybridized carbons (Fsp3) is 0. The maximum absolute atomic E-state index is 8.26. The van der Waals surface area contributed by atoms with Crippen molar-refractivity contribution < 1.29 is 31.8 Å². The summed E-state index contributed by atoms with van der Waals surface area (Å²) in [4.78, 5) is 0. The molecular weight excluding hydrogens is 235 g/mol. The number of hydrogen-bond acceptors (Lipinski definition) is 3. The zero-order chi connectivity index (χ0) is 10.2. The van der Waals surface area contributed by atoms with Gasteiger partial charge in [-0.3, -0.25) is 0 Å². The van der Waals surface area contributed by atoms with Gasteiger partial charge in [-0.15, -0.1) is 6.07 Å². The SMILES string of the molecule is OB(O)Oc1cc[cH-]c1.[Fe+2].c1cc[cH-]c1. The van der Waals surface area contributed by atoms with Crippen LogP contribution in [-0.4, -0.2) is 17.4 Å². The Bertz CT molecular complexity index is 288. The van der Waals surface area contributed by atoms with Crippen LogP contribution in [0.3, 0.4) is 0 Å². The van der Waals surface area contributed by atoms with E-state index in [1.165, 1.54) is 0 Å². The predicted molar refractivity (Wildman–Crippen MR) is 54.9 cm³/mol. The predicted octanol–water partition coefficient (Wildman–Crippen LogP) is 1.16. The summed E-state index contributed by atoms with van der Waals surface area (Å²) in [7, 11) is -1.72. The molecule has 0 fully saturated rings. The Kier molecular flexibility index (Phi) is 7.77. The molecule has 3 nitrogen and oxygen atoms in total. The Morgan fingerprint density at radius 3 is 2.07 bits per heavy atom. The summed E-state index contributed by atoms with van der Waals surface area (Å²) in [6.45, 7) is 0. The molecule has 0 aliphatic rings. The van der Waals surface area contributed by atoms with Crippen molar-refractivity contribution >= 4 is 7.32 Å². The second-order valence-corrected chi connectivity index (χ2v) is 2.53. The second kappa shape index (κ2) is 8.32. The first kappa shape index (κ1) is 14.0. The molecule has 0 saturated heterocycles. The standard InChI is InChI=1S/C5H6BO3.C5H5.Fe/c7-6(8)9-5-3-1-2-4-5;1-2-4-5-3-1;/h1-4,7-8H;1-5H;/q2*-1;+2. The van der Waals surface area contributed by atoms with Crippen molar-refractivity contribution in [2.24, 2.45) is 0 Å². The van der Waals surface area contributed by atoms with Crippen molar-refractivity contribution in [3.63, 3.8) is 0 Å². The topological polar surface area (TPSA) is 49.7 Å². The van der Waals surface area contributed by atoms with Gasteiger partial charge in [-0.05, 0) is 0 Å². The van der Waals surface area contributed by atoms with Crippen LogP contribution in [0.4, 0.5) is 0 Å². The van der Waals surface area contributed by atoms with Crippen molar-refractivity contribution in [3.05, 3.63) is 54.6 Å². The van der Waals surface area contributed by atoms with Gasteiger partial charge in [0.2, 0.25) is 0 Å². The molecule has 5 heteroatoms. The first-order valence-electron chi connectivity index (χ1n) is 4.20. The average molecular weight is 246 g/mol. The van der Waals surface area contributed by atoms with Crippen LogP contribution in [-0.2, 0) is 17.1 Å². The minimum Gasteiger partial charge on any atom is -0.585 e. The average Bonchev–Trinajstić information content (AvgIpc) is 2.75. The molecule has 0 aliphatic heterocycles. The summed E-state index contributed by atoms with van der Waals surface area (Å²) in [5.41, 5.74) is 0. The molecule has 0 aliphatic carbocycles. The molecule has 0 amide bonds. The zero-order valence-electron chi connectivity index (χ0n) is 7.93. The molecule has 2 aromatic rings. The maximum atomic E-state index is 8.26. The Morgan fingerprint density at radius 1 is 1.07 bits per heavy atom. The van der Waals surface area contributed by atoms with E-state index in [9.17, 15) is 0 Å². The van der Waals surface area contributed by atoms with Gasteiger partial charge in [0, 0.05) is 0 Å². The van der Waals surface area contributed by atoms with Gasteiger partial charge in [-0.2, -0.15) is 36.4 Å². The molecule has 15 heavy (non-hydrogen) atoms. The van der Waals surface area contributed by atoms with Crippen LogP contribution in [0.5, 0.6) is 5.75 Å². The van der Waals surface area contributed by atoms with E-state index in [0.29, 0.717) is 5.75 Å². The Labute approximate surface area is 99.7 Å². The molecule has 0 atom stereocenters. The summed E-state index contributed by atoms with van der Waals surface area (Å²) < 4.78 is 4.47. The summed E-state index contributed by atoms with van der Waals surface area (Å²) in [5, 5.41) is 16.5. The summed E-state index contributed by atoms with van der Waals surface area (Å²) in [5.74, 6) is 0.463. The van der Waals surface area contributed by atoms with Crippen LogP contribution in [0.15, 0.2) is 54.6 Å². The van der Waals surface area contributed by atoms with Gasteiger partial charge in [0.25, 0.3) is 0 Å². The van der Waals surface area contributed by atoms with Gasteiger partial charge in [-0.1, -0.05) is 5.75 Å². The molecule has 0 aromatic heterocycles. The molecule has 0 heterocycles. The van der Waals surface area contributed by atoms with Crippen molar-refractivity contribution in [3.8, 4) is 5.75 Å². The van der Waals surface area contributed by atoms with Gasteiger partial charge in [0.05, 0.1) is 0 Å². The largest absolute Gasteiger partial charge is 2.00 e.